The number of hydrogen-bond donors (Lipinski definition) is 1. The molecule has 146 valence electrons. The Kier molecular flexibility index (Phi) is 4.41. The molecule has 5 nitrogen and oxygen atoms in total. The lowest BCUT2D eigenvalue weighted by Crippen LogP contribution is -1.97. The van der Waals surface area contributed by atoms with Crippen LogP contribution in [0.2, 0.25) is 0 Å². The first-order chi connectivity index (χ1) is 14.7. The van der Waals surface area contributed by atoms with Gasteiger partial charge in [0.2, 0.25) is 5.76 Å². The molecule has 2 heterocycles. The molecule has 5 heteroatoms. The van der Waals surface area contributed by atoms with Gasteiger partial charge in [0.25, 0.3) is 0 Å². The first-order valence-corrected chi connectivity index (χ1v) is 9.61. The average Bonchev–Trinajstić information content (AvgIpc) is 3.38. The first-order valence-electron chi connectivity index (χ1n) is 9.61. The van der Waals surface area contributed by atoms with E-state index in [0.29, 0.717) is 12.3 Å². The van der Waals surface area contributed by atoms with Gasteiger partial charge < -0.3 is 14.1 Å². The summed E-state index contributed by atoms with van der Waals surface area (Å²) in [6.07, 6.45) is 3.90. The number of hydrogen-bond acceptors (Lipinski definition) is 3. The molecule has 3 aromatic carbocycles. The Morgan fingerprint density at radius 2 is 1.70 bits per heavy atom. The van der Waals surface area contributed by atoms with E-state index >= 15 is 0 Å². The minimum Gasteiger partial charge on any atom is -0.475 e. The van der Waals surface area contributed by atoms with Crippen LogP contribution in [-0.2, 0) is 6.54 Å². The van der Waals surface area contributed by atoms with E-state index < -0.39 is 5.97 Å². The van der Waals surface area contributed by atoms with E-state index in [1.165, 1.54) is 6.07 Å². The Labute approximate surface area is 172 Å². The van der Waals surface area contributed by atoms with E-state index in [4.69, 9.17) is 14.5 Å². The quantitative estimate of drug-likeness (QED) is 0.378. The smallest absolute Gasteiger partial charge is 0.371 e. The SMILES string of the molecule is O=C(O)c1ccc(Cn2cc(C=Nc3cccc4ccccc34)c3ccccc32)o1. The van der Waals surface area contributed by atoms with Crippen LogP contribution in [0.4, 0.5) is 5.69 Å². The lowest BCUT2D eigenvalue weighted by molar-refractivity contribution is 0.0660. The van der Waals surface area contributed by atoms with E-state index in [0.717, 1.165) is 32.9 Å². The monoisotopic (exact) mass is 394 g/mol. The van der Waals surface area contributed by atoms with E-state index in [-0.39, 0.29) is 5.76 Å². The standard InChI is InChI=1S/C25H18N2O3/c28-25(29)24-13-12-19(30-24)16-27-15-18(21-9-3-4-11-23(21)27)14-26-22-10-5-7-17-6-1-2-8-20(17)22/h1-15H,16H2,(H,28,29). The number of aliphatic imine (C=N–C) groups is 1. The number of para-hydroxylation sites is 1. The normalized spacial score (nSPS) is 11.6. The molecule has 0 radical (unpaired) electrons. The predicted octanol–water partition coefficient (Wildman–Crippen LogP) is 5.88. The molecule has 5 rings (SSSR count). The molecule has 0 aliphatic rings. The highest BCUT2D eigenvalue weighted by atomic mass is 16.4. The molecule has 5 aromatic rings. The van der Waals surface area contributed by atoms with E-state index in [1.54, 1.807) is 6.07 Å². The molecule has 0 spiro atoms. The highest BCUT2D eigenvalue weighted by Gasteiger charge is 2.12. The fourth-order valence-electron chi connectivity index (χ4n) is 3.71. The third-order valence-corrected chi connectivity index (χ3v) is 5.13. The molecular weight excluding hydrogens is 376 g/mol. The van der Waals surface area contributed by atoms with Crippen LogP contribution in [0.25, 0.3) is 21.7 Å². The summed E-state index contributed by atoms with van der Waals surface area (Å²) < 4.78 is 7.48. The van der Waals surface area contributed by atoms with Crippen LogP contribution < -0.4 is 0 Å². The number of carbonyl (C=O) groups is 1. The van der Waals surface area contributed by atoms with Crippen molar-refractivity contribution in [2.45, 2.75) is 6.54 Å². The fraction of sp³-hybridized carbons (Fsp3) is 0.0400. The van der Waals surface area contributed by atoms with E-state index in [9.17, 15) is 4.79 Å². The van der Waals surface area contributed by atoms with E-state index in [2.05, 4.69) is 24.3 Å². The summed E-state index contributed by atoms with van der Waals surface area (Å²) in [5.74, 6) is -0.536. The third-order valence-electron chi connectivity index (χ3n) is 5.13. The van der Waals surface area contributed by atoms with Crippen molar-refractivity contribution in [2.75, 3.05) is 0 Å². The molecule has 0 amide bonds. The Morgan fingerprint density at radius 1 is 0.933 bits per heavy atom. The number of nitrogens with zero attached hydrogens (tertiary/aromatic N) is 2. The summed E-state index contributed by atoms with van der Waals surface area (Å²) in [5, 5.41) is 12.4. The molecule has 0 saturated carbocycles. The van der Waals surface area contributed by atoms with Crippen LogP contribution in [-0.4, -0.2) is 21.9 Å². The van der Waals surface area contributed by atoms with Gasteiger partial charge in [-0.05, 0) is 29.7 Å². The van der Waals surface area contributed by atoms with E-state index in [1.807, 2.05) is 59.4 Å². The van der Waals surface area contributed by atoms with Gasteiger partial charge in [0, 0.05) is 34.3 Å². The summed E-state index contributed by atoms with van der Waals surface area (Å²) in [4.78, 5) is 15.8. The van der Waals surface area contributed by atoms with Gasteiger partial charge >= 0.3 is 5.97 Å². The van der Waals surface area contributed by atoms with Crippen molar-refractivity contribution in [3.05, 3.63) is 102 Å². The molecule has 0 aliphatic heterocycles. The van der Waals surface area contributed by atoms with Crippen molar-refractivity contribution >= 4 is 39.5 Å². The van der Waals surface area contributed by atoms with Crippen LogP contribution >= 0.6 is 0 Å². The minimum atomic E-state index is -1.07. The van der Waals surface area contributed by atoms with Gasteiger partial charge in [0.15, 0.2) is 0 Å². The summed E-state index contributed by atoms with van der Waals surface area (Å²) in [7, 11) is 0. The lowest BCUT2D eigenvalue weighted by atomic mass is 10.1. The highest BCUT2D eigenvalue weighted by molar-refractivity contribution is 6.02. The second-order valence-corrected chi connectivity index (χ2v) is 7.06. The van der Waals surface area contributed by atoms with Crippen molar-refractivity contribution < 1.29 is 14.3 Å². The van der Waals surface area contributed by atoms with Gasteiger partial charge in [-0.3, -0.25) is 4.99 Å². The van der Waals surface area contributed by atoms with Crippen LogP contribution in [0.3, 0.4) is 0 Å². The van der Waals surface area contributed by atoms with Gasteiger partial charge in [-0.25, -0.2) is 4.79 Å². The molecule has 0 fully saturated rings. The Hall–Kier alpha value is -4.12. The molecule has 0 unspecified atom stereocenters. The Morgan fingerprint density at radius 3 is 2.53 bits per heavy atom. The molecule has 0 bridgehead atoms. The van der Waals surface area contributed by atoms with Gasteiger partial charge in [-0.1, -0.05) is 54.6 Å². The number of carboxylic acids is 1. The number of fused-ring (bicyclic) bond motifs is 2. The fourth-order valence-corrected chi connectivity index (χ4v) is 3.71. The summed E-state index contributed by atoms with van der Waals surface area (Å²) in [5.41, 5.74) is 2.94. The molecule has 30 heavy (non-hydrogen) atoms. The van der Waals surface area contributed by atoms with Crippen molar-refractivity contribution in [2.24, 2.45) is 4.99 Å². The zero-order valence-corrected chi connectivity index (χ0v) is 16.0. The summed E-state index contributed by atoms with van der Waals surface area (Å²) in [6.45, 7) is 0.440. The number of benzene rings is 3. The topological polar surface area (TPSA) is 67.7 Å². The van der Waals surface area contributed by atoms with Gasteiger partial charge in [0.05, 0.1) is 12.2 Å². The van der Waals surface area contributed by atoms with Crippen LogP contribution in [0.15, 0.2) is 94.5 Å². The van der Waals surface area contributed by atoms with Crippen molar-refractivity contribution in [3.63, 3.8) is 0 Å². The van der Waals surface area contributed by atoms with Gasteiger partial charge in [-0.15, -0.1) is 0 Å². The van der Waals surface area contributed by atoms with Crippen molar-refractivity contribution in [1.82, 2.24) is 4.57 Å². The van der Waals surface area contributed by atoms with Crippen molar-refractivity contribution in [3.8, 4) is 0 Å². The third kappa shape index (κ3) is 3.26. The Bertz CT molecular complexity index is 1400. The lowest BCUT2D eigenvalue weighted by Gasteiger charge is -2.02. The second kappa shape index (κ2) is 7.37. The number of carboxylic acid groups (broad SMARTS) is 1. The van der Waals surface area contributed by atoms with Crippen molar-refractivity contribution in [1.29, 1.82) is 0 Å². The number of aromatic carboxylic acids is 1. The minimum absolute atomic E-state index is 0.0563. The second-order valence-electron chi connectivity index (χ2n) is 7.06. The zero-order valence-electron chi connectivity index (χ0n) is 16.0. The molecule has 0 atom stereocenters. The maximum absolute atomic E-state index is 11.1. The maximum Gasteiger partial charge on any atom is 0.371 e. The van der Waals surface area contributed by atoms with Crippen LogP contribution in [0.5, 0.6) is 0 Å². The highest BCUT2D eigenvalue weighted by Crippen LogP contribution is 2.27. The molecule has 2 aromatic heterocycles. The zero-order chi connectivity index (χ0) is 20.5. The number of rotatable bonds is 5. The maximum atomic E-state index is 11.1. The molecule has 1 N–H and O–H groups in total. The summed E-state index contributed by atoms with van der Waals surface area (Å²) in [6, 6.07) is 25.5. The average molecular weight is 394 g/mol. The molecule has 0 saturated heterocycles. The molecule has 0 aliphatic carbocycles. The van der Waals surface area contributed by atoms with Crippen LogP contribution in [0.1, 0.15) is 21.9 Å². The number of aromatic nitrogens is 1. The molecular formula is C25H18N2O3. The van der Waals surface area contributed by atoms with Crippen LogP contribution in [0, 0.1) is 0 Å². The Balaban J connectivity index is 1.53. The summed E-state index contributed by atoms with van der Waals surface area (Å²) >= 11 is 0. The largest absolute Gasteiger partial charge is 0.475 e. The first kappa shape index (κ1) is 17.9. The van der Waals surface area contributed by atoms with Gasteiger partial charge in [-0.2, -0.15) is 0 Å². The van der Waals surface area contributed by atoms with Gasteiger partial charge in [0.1, 0.15) is 5.76 Å². The predicted molar refractivity (Wildman–Crippen MR) is 118 cm³/mol. The number of furan rings is 1.